The SMILES string of the molecule is BrC(c1ccc(Cc2ccccc2)cc1)C1C2CCCC21. The minimum atomic E-state index is 0.568. The van der Waals surface area contributed by atoms with Gasteiger partial charge in [0.25, 0.3) is 0 Å². The summed E-state index contributed by atoms with van der Waals surface area (Å²) in [4.78, 5) is 0.568. The second-order valence-corrected chi connectivity index (χ2v) is 7.63. The lowest BCUT2D eigenvalue weighted by Crippen LogP contribution is -1.98. The molecule has 0 amide bonds. The van der Waals surface area contributed by atoms with Crippen LogP contribution in [0, 0.1) is 17.8 Å². The molecule has 0 N–H and O–H groups in total. The minimum absolute atomic E-state index is 0.568. The van der Waals surface area contributed by atoms with Gasteiger partial charge in [0.2, 0.25) is 0 Å². The average Bonchev–Trinajstić information content (AvgIpc) is 3.00. The van der Waals surface area contributed by atoms with Crippen molar-refractivity contribution in [3.05, 3.63) is 71.3 Å². The largest absolute Gasteiger partial charge is 0.0836 e. The van der Waals surface area contributed by atoms with E-state index in [0.717, 1.165) is 24.2 Å². The molecule has 108 valence electrons. The average molecular weight is 341 g/mol. The van der Waals surface area contributed by atoms with Crippen molar-refractivity contribution >= 4 is 15.9 Å². The zero-order valence-corrected chi connectivity index (χ0v) is 13.8. The van der Waals surface area contributed by atoms with Crippen LogP contribution in [0.15, 0.2) is 54.6 Å². The van der Waals surface area contributed by atoms with Crippen LogP contribution < -0.4 is 0 Å². The van der Waals surface area contributed by atoms with E-state index in [1.54, 1.807) is 0 Å². The van der Waals surface area contributed by atoms with Crippen LogP contribution in [0.5, 0.6) is 0 Å². The number of hydrogen-bond acceptors (Lipinski definition) is 0. The highest BCUT2D eigenvalue weighted by molar-refractivity contribution is 9.09. The van der Waals surface area contributed by atoms with E-state index in [9.17, 15) is 0 Å². The van der Waals surface area contributed by atoms with E-state index in [4.69, 9.17) is 0 Å². The van der Waals surface area contributed by atoms with Crippen LogP contribution in [-0.2, 0) is 6.42 Å². The van der Waals surface area contributed by atoms with Crippen LogP contribution >= 0.6 is 15.9 Å². The molecule has 4 rings (SSSR count). The van der Waals surface area contributed by atoms with Crippen molar-refractivity contribution < 1.29 is 0 Å². The first-order chi connectivity index (χ1) is 10.3. The molecule has 2 fully saturated rings. The van der Waals surface area contributed by atoms with Crippen molar-refractivity contribution in [3.63, 3.8) is 0 Å². The molecule has 1 heteroatoms. The lowest BCUT2D eigenvalue weighted by molar-refractivity contribution is 0.583. The number of hydrogen-bond donors (Lipinski definition) is 0. The van der Waals surface area contributed by atoms with Gasteiger partial charge in [-0.1, -0.05) is 76.9 Å². The Hall–Kier alpha value is -1.08. The molecule has 0 aromatic heterocycles. The van der Waals surface area contributed by atoms with Crippen molar-refractivity contribution in [1.82, 2.24) is 0 Å². The van der Waals surface area contributed by atoms with E-state index in [1.165, 1.54) is 36.0 Å². The predicted molar refractivity (Wildman–Crippen MR) is 91.7 cm³/mol. The van der Waals surface area contributed by atoms with Crippen LogP contribution in [-0.4, -0.2) is 0 Å². The number of rotatable bonds is 4. The standard InChI is InChI=1S/C20H21Br/c21-20(19-17-7-4-8-18(17)19)16-11-9-15(10-12-16)13-14-5-2-1-3-6-14/h1-3,5-6,9-12,17-20H,4,7-8,13H2. The molecule has 0 spiro atoms. The first-order valence-electron chi connectivity index (χ1n) is 8.10. The first kappa shape index (κ1) is 13.6. The number of fused-ring (bicyclic) bond motifs is 1. The Bertz CT molecular complexity index is 591. The second-order valence-electron chi connectivity index (χ2n) is 6.64. The molecule has 2 aliphatic carbocycles. The lowest BCUT2D eigenvalue weighted by Gasteiger charge is -2.13. The molecule has 0 heterocycles. The Morgan fingerprint density at radius 3 is 2.14 bits per heavy atom. The van der Waals surface area contributed by atoms with Gasteiger partial charge in [-0.25, -0.2) is 0 Å². The molecule has 3 unspecified atom stereocenters. The van der Waals surface area contributed by atoms with Crippen molar-refractivity contribution in [3.8, 4) is 0 Å². The summed E-state index contributed by atoms with van der Waals surface area (Å²) in [7, 11) is 0. The van der Waals surface area contributed by atoms with E-state index in [2.05, 4.69) is 70.5 Å². The summed E-state index contributed by atoms with van der Waals surface area (Å²) in [5, 5.41) is 0. The molecule has 2 aromatic rings. The summed E-state index contributed by atoms with van der Waals surface area (Å²) in [6, 6.07) is 20.0. The summed E-state index contributed by atoms with van der Waals surface area (Å²) in [5.74, 6) is 2.93. The highest BCUT2D eigenvalue weighted by Gasteiger charge is 2.55. The fourth-order valence-corrected chi connectivity index (χ4v) is 5.27. The highest BCUT2D eigenvalue weighted by atomic mass is 79.9. The molecule has 0 radical (unpaired) electrons. The van der Waals surface area contributed by atoms with Gasteiger partial charge in [-0.05, 0) is 53.7 Å². The molecule has 3 atom stereocenters. The molecular formula is C20H21Br. The summed E-state index contributed by atoms with van der Waals surface area (Å²) in [6.45, 7) is 0. The normalized spacial score (nSPS) is 28.1. The minimum Gasteiger partial charge on any atom is -0.0836 e. The number of benzene rings is 2. The summed E-state index contributed by atoms with van der Waals surface area (Å²) in [6.07, 6.45) is 5.41. The van der Waals surface area contributed by atoms with Gasteiger partial charge in [0.15, 0.2) is 0 Å². The van der Waals surface area contributed by atoms with Crippen molar-refractivity contribution in [2.75, 3.05) is 0 Å². The topological polar surface area (TPSA) is 0 Å². The van der Waals surface area contributed by atoms with Crippen LogP contribution in [0.2, 0.25) is 0 Å². The Balaban J connectivity index is 1.44. The van der Waals surface area contributed by atoms with Gasteiger partial charge in [0.05, 0.1) is 0 Å². The molecule has 0 aliphatic heterocycles. The predicted octanol–water partition coefficient (Wildman–Crippen LogP) is 5.76. The summed E-state index contributed by atoms with van der Waals surface area (Å²) < 4.78 is 0. The van der Waals surface area contributed by atoms with Crippen LogP contribution in [0.1, 0.15) is 40.8 Å². The summed E-state index contributed by atoms with van der Waals surface area (Å²) >= 11 is 3.96. The maximum atomic E-state index is 3.96. The Morgan fingerprint density at radius 2 is 1.48 bits per heavy atom. The fourth-order valence-electron chi connectivity index (χ4n) is 4.18. The lowest BCUT2D eigenvalue weighted by atomic mass is 9.99. The van der Waals surface area contributed by atoms with Gasteiger partial charge in [0, 0.05) is 4.83 Å². The fraction of sp³-hybridized carbons (Fsp3) is 0.400. The van der Waals surface area contributed by atoms with Gasteiger partial charge in [-0.15, -0.1) is 0 Å². The third-order valence-corrected chi connectivity index (χ3v) is 6.50. The number of alkyl halides is 1. The highest BCUT2D eigenvalue weighted by Crippen LogP contribution is 2.64. The molecule has 0 saturated heterocycles. The third kappa shape index (κ3) is 2.68. The van der Waals surface area contributed by atoms with Crippen LogP contribution in [0.25, 0.3) is 0 Å². The Labute approximate surface area is 135 Å². The summed E-state index contributed by atoms with van der Waals surface area (Å²) in [5.41, 5.74) is 4.25. The van der Waals surface area contributed by atoms with Gasteiger partial charge in [0.1, 0.15) is 0 Å². The maximum absolute atomic E-state index is 3.96. The quantitative estimate of drug-likeness (QED) is 0.620. The first-order valence-corrected chi connectivity index (χ1v) is 9.01. The molecule has 21 heavy (non-hydrogen) atoms. The Morgan fingerprint density at radius 1 is 0.857 bits per heavy atom. The van der Waals surface area contributed by atoms with Gasteiger partial charge < -0.3 is 0 Å². The monoisotopic (exact) mass is 340 g/mol. The van der Waals surface area contributed by atoms with Gasteiger partial charge in [-0.2, -0.15) is 0 Å². The van der Waals surface area contributed by atoms with E-state index >= 15 is 0 Å². The van der Waals surface area contributed by atoms with Crippen LogP contribution in [0.4, 0.5) is 0 Å². The van der Waals surface area contributed by atoms with E-state index in [1.807, 2.05) is 0 Å². The molecular weight excluding hydrogens is 320 g/mol. The van der Waals surface area contributed by atoms with Crippen molar-refractivity contribution in [2.24, 2.45) is 17.8 Å². The smallest absolute Gasteiger partial charge is 0.0429 e. The van der Waals surface area contributed by atoms with E-state index in [-0.39, 0.29) is 0 Å². The van der Waals surface area contributed by atoms with E-state index in [0.29, 0.717) is 4.83 Å². The van der Waals surface area contributed by atoms with Gasteiger partial charge >= 0.3 is 0 Å². The van der Waals surface area contributed by atoms with Crippen molar-refractivity contribution in [1.29, 1.82) is 0 Å². The third-order valence-electron chi connectivity index (χ3n) is 5.36. The molecule has 2 aromatic carbocycles. The zero-order valence-electron chi connectivity index (χ0n) is 12.2. The van der Waals surface area contributed by atoms with E-state index < -0.39 is 0 Å². The van der Waals surface area contributed by atoms with Crippen LogP contribution in [0.3, 0.4) is 0 Å². The Kier molecular flexibility index (Phi) is 3.62. The molecule has 2 saturated carbocycles. The molecule has 2 aliphatic rings. The number of halogens is 1. The van der Waals surface area contributed by atoms with Crippen molar-refractivity contribution in [2.45, 2.75) is 30.5 Å². The molecule has 0 bridgehead atoms. The zero-order chi connectivity index (χ0) is 14.2. The van der Waals surface area contributed by atoms with Gasteiger partial charge in [-0.3, -0.25) is 0 Å². The maximum Gasteiger partial charge on any atom is 0.0429 e. The molecule has 0 nitrogen and oxygen atoms in total. The second kappa shape index (κ2) is 5.61.